The fourth-order valence-electron chi connectivity index (χ4n) is 2.94. The number of nitrogens with zero attached hydrogens (tertiary/aromatic N) is 3. The van der Waals surface area contributed by atoms with Gasteiger partial charge in [0.2, 0.25) is 10.0 Å². The molecule has 7 heteroatoms. The van der Waals surface area contributed by atoms with Crippen LogP contribution in [0.15, 0.2) is 22.5 Å². The summed E-state index contributed by atoms with van der Waals surface area (Å²) >= 11 is 1.72. The van der Waals surface area contributed by atoms with Gasteiger partial charge in [0, 0.05) is 18.5 Å². The Morgan fingerprint density at radius 2 is 2.24 bits per heavy atom. The summed E-state index contributed by atoms with van der Waals surface area (Å²) in [5, 5.41) is 6.13. The third kappa shape index (κ3) is 2.23. The predicted octanol–water partition coefficient (Wildman–Crippen LogP) is 2.49. The maximum Gasteiger partial charge on any atom is 0.247 e. The van der Waals surface area contributed by atoms with Crippen molar-refractivity contribution in [3.8, 4) is 0 Å². The first-order valence-corrected chi connectivity index (χ1v) is 9.35. The first kappa shape index (κ1) is 14.7. The SMILES string of the molecule is CCC1c2ccsc2CCN1S(=O)(=O)c1cnn(C)c1C. The first-order valence-electron chi connectivity index (χ1n) is 7.03. The molecule has 1 atom stereocenters. The second-order valence-electron chi connectivity index (χ2n) is 5.31. The van der Waals surface area contributed by atoms with Crippen molar-refractivity contribution in [1.29, 1.82) is 0 Å². The van der Waals surface area contributed by atoms with Gasteiger partial charge in [-0.1, -0.05) is 6.92 Å². The van der Waals surface area contributed by atoms with E-state index in [9.17, 15) is 8.42 Å². The highest BCUT2D eigenvalue weighted by Crippen LogP contribution is 2.38. The van der Waals surface area contributed by atoms with E-state index in [1.165, 1.54) is 16.6 Å². The zero-order valence-corrected chi connectivity index (χ0v) is 14.0. The maximum atomic E-state index is 13.0. The average Bonchev–Trinajstić information content (AvgIpc) is 3.05. The van der Waals surface area contributed by atoms with Gasteiger partial charge in [-0.2, -0.15) is 9.40 Å². The van der Waals surface area contributed by atoms with Crippen LogP contribution in [0.25, 0.3) is 0 Å². The molecule has 21 heavy (non-hydrogen) atoms. The second kappa shape index (κ2) is 5.23. The Morgan fingerprint density at radius 1 is 1.48 bits per heavy atom. The van der Waals surface area contributed by atoms with E-state index in [0.29, 0.717) is 17.1 Å². The molecule has 0 aliphatic carbocycles. The molecule has 0 saturated carbocycles. The molecular formula is C14H19N3O2S2. The summed E-state index contributed by atoms with van der Waals surface area (Å²) in [5.74, 6) is 0. The summed E-state index contributed by atoms with van der Waals surface area (Å²) in [6, 6.07) is 2.00. The molecule has 114 valence electrons. The van der Waals surface area contributed by atoms with Crippen LogP contribution in [0.4, 0.5) is 0 Å². The van der Waals surface area contributed by atoms with Crippen LogP contribution < -0.4 is 0 Å². The van der Waals surface area contributed by atoms with Gasteiger partial charge >= 0.3 is 0 Å². The zero-order chi connectivity index (χ0) is 15.2. The van der Waals surface area contributed by atoms with Crippen molar-refractivity contribution in [1.82, 2.24) is 14.1 Å². The lowest BCUT2D eigenvalue weighted by Crippen LogP contribution is -2.39. The number of hydrogen-bond acceptors (Lipinski definition) is 4. The minimum Gasteiger partial charge on any atom is -0.272 e. The molecule has 3 rings (SSSR count). The Morgan fingerprint density at radius 3 is 2.86 bits per heavy atom. The number of sulfonamides is 1. The van der Waals surface area contributed by atoms with Gasteiger partial charge in [0.05, 0.1) is 17.9 Å². The third-order valence-electron chi connectivity index (χ3n) is 4.21. The Balaban J connectivity index is 2.06. The molecule has 1 unspecified atom stereocenters. The molecule has 0 N–H and O–H groups in total. The van der Waals surface area contributed by atoms with Crippen LogP contribution in [0, 0.1) is 6.92 Å². The molecule has 0 radical (unpaired) electrons. The largest absolute Gasteiger partial charge is 0.272 e. The summed E-state index contributed by atoms with van der Waals surface area (Å²) in [5.41, 5.74) is 1.85. The molecule has 0 saturated heterocycles. The highest BCUT2D eigenvalue weighted by molar-refractivity contribution is 7.89. The van der Waals surface area contributed by atoms with E-state index < -0.39 is 10.0 Å². The molecule has 0 amide bonds. The van der Waals surface area contributed by atoms with E-state index in [1.54, 1.807) is 34.3 Å². The Bertz CT molecular complexity index is 761. The molecule has 0 fully saturated rings. The van der Waals surface area contributed by atoms with Gasteiger partial charge < -0.3 is 0 Å². The average molecular weight is 325 g/mol. The summed E-state index contributed by atoms with van der Waals surface area (Å²) in [7, 11) is -1.74. The van der Waals surface area contributed by atoms with Gasteiger partial charge in [-0.25, -0.2) is 8.42 Å². The number of rotatable bonds is 3. The molecule has 2 aromatic heterocycles. The molecule has 0 bridgehead atoms. The van der Waals surface area contributed by atoms with Crippen molar-refractivity contribution < 1.29 is 8.42 Å². The monoisotopic (exact) mass is 325 g/mol. The van der Waals surface area contributed by atoms with Gasteiger partial charge in [0.1, 0.15) is 4.90 Å². The molecule has 1 aliphatic heterocycles. The van der Waals surface area contributed by atoms with Crippen LogP contribution >= 0.6 is 11.3 Å². The lowest BCUT2D eigenvalue weighted by atomic mass is 10.0. The van der Waals surface area contributed by atoms with Gasteiger partial charge in [0.15, 0.2) is 0 Å². The molecular weight excluding hydrogens is 306 g/mol. The van der Waals surface area contributed by atoms with E-state index >= 15 is 0 Å². The minimum atomic E-state index is -3.50. The van der Waals surface area contributed by atoms with Gasteiger partial charge in [0.25, 0.3) is 0 Å². The van der Waals surface area contributed by atoms with E-state index in [-0.39, 0.29) is 6.04 Å². The quantitative estimate of drug-likeness (QED) is 0.871. The topological polar surface area (TPSA) is 55.2 Å². The maximum absolute atomic E-state index is 13.0. The fourth-order valence-corrected chi connectivity index (χ4v) is 5.74. The Hall–Kier alpha value is -1.18. The minimum absolute atomic E-state index is 0.0652. The molecule has 0 aromatic carbocycles. The molecule has 5 nitrogen and oxygen atoms in total. The summed E-state index contributed by atoms with van der Waals surface area (Å²) in [4.78, 5) is 1.64. The second-order valence-corrected chi connectivity index (χ2v) is 8.17. The van der Waals surface area contributed by atoms with Crippen LogP contribution in [0.1, 0.15) is 35.5 Å². The number of fused-ring (bicyclic) bond motifs is 1. The number of hydrogen-bond donors (Lipinski definition) is 0. The standard InChI is InChI=1S/C14H19N3O2S2/c1-4-12-11-6-8-20-13(11)5-7-17(12)21(18,19)14-9-15-16(3)10(14)2/h6,8-9,12H,4-5,7H2,1-3H3. The van der Waals surface area contributed by atoms with Crippen molar-refractivity contribution >= 4 is 21.4 Å². The van der Waals surface area contributed by atoms with Gasteiger partial charge in [-0.15, -0.1) is 11.3 Å². The van der Waals surface area contributed by atoms with Crippen LogP contribution in [0.2, 0.25) is 0 Å². The zero-order valence-electron chi connectivity index (χ0n) is 12.4. The van der Waals surface area contributed by atoms with Gasteiger partial charge in [-0.3, -0.25) is 4.68 Å². The van der Waals surface area contributed by atoms with Crippen LogP contribution in [0.5, 0.6) is 0 Å². The fraction of sp³-hybridized carbons (Fsp3) is 0.500. The van der Waals surface area contributed by atoms with E-state index in [1.807, 2.05) is 6.92 Å². The summed E-state index contributed by atoms with van der Waals surface area (Å²) in [6.45, 7) is 4.37. The van der Waals surface area contributed by atoms with Crippen molar-refractivity contribution in [2.24, 2.45) is 7.05 Å². The van der Waals surface area contributed by atoms with Crippen molar-refractivity contribution in [3.05, 3.63) is 33.8 Å². The van der Waals surface area contributed by atoms with Crippen molar-refractivity contribution in [2.75, 3.05) is 6.54 Å². The lowest BCUT2D eigenvalue weighted by molar-refractivity contribution is 0.303. The van der Waals surface area contributed by atoms with Crippen molar-refractivity contribution in [2.45, 2.75) is 37.6 Å². The molecule has 3 heterocycles. The van der Waals surface area contributed by atoms with Crippen LogP contribution in [-0.4, -0.2) is 29.0 Å². The summed E-state index contributed by atoms with van der Waals surface area (Å²) in [6.07, 6.45) is 3.03. The third-order valence-corrected chi connectivity index (χ3v) is 7.22. The molecule has 1 aliphatic rings. The molecule has 2 aromatic rings. The first-order chi connectivity index (χ1) is 9.96. The van der Waals surface area contributed by atoms with Crippen molar-refractivity contribution in [3.63, 3.8) is 0 Å². The van der Waals surface area contributed by atoms with E-state index in [4.69, 9.17) is 0 Å². The summed E-state index contributed by atoms with van der Waals surface area (Å²) < 4.78 is 29.2. The normalized spacial score (nSPS) is 19.7. The number of aryl methyl sites for hydroxylation is 1. The number of aromatic nitrogens is 2. The van der Waals surface area contributed by atoms with Gasteiger partial charge in [-0.05, 0) is 36.8 Å². The smallest absolute Gasteiger partial charge is 0.247 e. The van der Waals surface area contributed by atoms with E-state index in [0.717, 1.165) is 12.8 Å². The van der Waals surface area contributed by atoms with E-state index in [2.05, 4.69) is 16.5 Å². The lowest BCUT2D eigenvalue weighted by Gasteiger charge is -2.34. The Kier molecular flexibility index (Phi) is 3.67. The Labute approximate surface area is 129 Å². The molecule has 0 spiro atoms. The highest BCUT2D eigenvalue weighted by atomic mass is 32.2. The van der Waals surface area contributed by atoms with Crippen LogP contribution in [0.3, 0.4) is 0 Å². The predicted molar refractivity (Wildman–Crippen MR) is 82.9 cm³/mol. The number of thiophene rings is 1. The van der Waals surface area contributed by atoms with Crippen LogP contribution in [-0.2, 0) is 23.5 Å². The highest BCUT2D eigenvalue weighted by Gasteiger charge is 2.37.